The Morgan fingerprint density at radius 3 is 1.33 bits per heavy atom. The number of amides is 5. The molecule has 4 saturated carbocycles. The lowest BCUT2D eigenvalue weighted by Crippen LogP contribution is -2.30. The first kappa shape index (κ1) is 101. The summed E-state index contributed by atoms with van der Waals surface area (Å²) in [6.45, 7) is 24.4. The minimum Gasteiger partial charge on any atom is -0.503 e. The van der Waals surface area contributed by atoms with Gasteiger partial charge in [0, 0.05) is 53.9 Å². The summed E-state index contributed by atoms with van der Waals surface area (Å²) < 4.78 is 34.8. The Morgan fingerprint density at radius 2 is 0.974 bits per heavy atom. The van der Waals surface area contributed by atoms with Gasteiger partial charge < -0.3 is 83.2 Å². The number of nitrogens with zero attached hydrogens (tertiary/aromatic N) is 6. The van der Waals surface area contributed by atoms with Crippen molar-refractivity contribution in [3.63, 3.8) is 0 Å². The number of benzene rings is 3. The van der Waals surface area contributed by atoms with Crippen molar-refractivity contribution < 1.29 is 81.9 Å². The number of ketones is 2. The Morgan fingerprint density at radius 1 is 0.579 bits per heavy atom. The van der Waals surface area contributed by atoms with Crippen LogP contribution in [-0.4, -0.2) is 167 Å². The van der Waals surface area contributed by atoms with Crippen LogP contribution in [0, 0.1) is 6.57 Å². The van der Waals surface area contributed by atoms with Crippen molar-refractivity contribution in [1.82, 2.24) is 43.7 Å². The van der Waals surface area contributed by atoms with Crippen LogP contribution < -0.4 is 49.6 Å². The quantitative estimate of drug-likeness (QED) is 0.00345. The number of nitrogen functional groups attached to an aromatic ring is 3. The number of aromatic amines is 1. The minimum absolute atomic E-state index is 0. The first-order chi connectivity index (χ1) is 53.8. The number of carbonyl (C=O) groups excluding carboxylic acids is 10. The van der Waals surface area contributed by atoms with Crippen LogP contribution in [0.2, 0.25) is 0 Å². The molecule has 12 rings (SSSR count). The summed E-state index contributed by atoms with van der Waals surface area (Å²) in [5, 5.41) is 29.6. The smallest absolute Gasteiger partial charge is 0.354 e. The van der Waals surface area contributed by atoms with E-state index in [-0.39, 0.29) is 151 Å². The molecule has 0 saturated heterocycles. The highest BCUT2D eigenvalue weighted by Crippen LogP contribution is 2.31. The number of aliphatic imine (C=N–C) groups is 1. The predicted octanol–water partition coefficient (Wildman–Crippen LogP) is 11.5. The zero-order chi connectivity index (χ0) is 83.6. The average molecular weight is 1670 g/mol. The zero-order valence-electron chi connectivity index (χ0n) is 63.4. The molecule has 0 atom stereocenters. The summed E-state index contributed by atoms with van der Waals surface area (Å²) in [7, 11) is 1.44. The first-order valence-corrected chi connectivity index (χ1v) is 39.0. The SMILES string of the molecule is C.C.CC.CC.CC.CCC(=O)c1ccccc1.CCOC(=O)CS.CCOCOC(=O)c1snc(C(=O)NC2CC2)c1N.NC(=O)c1nsc2c(=O)c(O)c(-c3ccccc3)[nH]c12.Nc1c(C(=O)NC2CC2)nsc1C(=O)O.Nc1c(C(=O)NC2CC2)nsc1C(=O)OCC(=O)c1ccccc1.[C-]#[N+]C(=NC)C(=O)NC1CC1. The number of carboxylic acid groups (broad SMARTS) is 1. The molecule has 3 aromatic carbocycles. The number of amidine groups is 1. The molecule has 5 heterocycles. The lowest BCUT2D eigenvalue weighted by atomic mass is 10.1. The van der Waals surface area contributed by atoms with Crippen LogP contribution in [0.1, 0.15) is 227 Å². The number of nitrogens with two attached hydrogens (primary N) is 4. The molecule has 8 aromatic rings. The van der Waals surface area contributed by atoms with Gasteiger partial charge in [-0.3, -0.25) is 43.2 Å². The lowest BCUT2D eigenvalue weighted by molar-refractivity contribution is -0.139. The molecule has 15 N–H and O–H groups in total. The fourth-order valence-electron chi connectivity index (χ4n) is 8.09. The van der Waals surface area contributed by atoms with Gasteiger partial charge in [-0.1, -0.05) is 161 Å². The second kappa shape index (κ2) is 53.6. The number of H-pyrrole nitrogens is 1. The van der Waals surface area contributed by atoms with Crippen LogP contribution in [0.4, 0.5) is 17.1 Å². The number of anilines is 3. The van der Waals surface area contributed by atoms with Gasteiger partial charge in [-0.25, -0.2) is 14.4 Å². The maximum Gasteiger partial charge on any atom is 0.354 e. The van der Waals surface area contributed by atoms with Gasteiger partial charge in [-0.2, -0.15) is 35.1 Å². The highest BCUT2D eigenvalue weighted by molar-refractivity contribution is 7.81. The number of primary amides is 1. The summed E-state index contributed by atoms with van der Waals surface area (Å²) in [5.41, 5.74) is 24.2. The van der Waals surface area contributed by atoms with Crippen LogP contribution in [0.25, 0.3) is 26.3 Å². The van der Waals surface area contributed by atoms with Crippen molar-refractivity contribution in [1.29, 1.82) is 0 Å². The van der Waals surface area contributed by atoms with Gasteiger partial charge in [0.15, 0.2) is 68.1 Å². The first-order valence-electron chi connectivity index (χ1n) is 35.3. The Balaban J connectivity index is 0.000000673. The number of esters is 3. The van der Waals surface area contributed by atoms with Crippen LogP contribution >= 0.6 is 58.8 Å². The van der Waals surface area contributed by atoms with E-state index in [0.29, 0.717) is 36.8 Å². The van der Waals surface area contributed by atoms with Gasteiger partial charge in [0.05, 0.1) is 40.6 Å². The number of Topliss-reactive ketones (excluding diaryl/α,β-unsaturated/α-hetero) is 2. The van der Waals surface area contributed by atoms with Crippen molar-refractivity contribution in [2.24, 2.45) is 10.7 Å². The fourth-order valence-corrected chi connectivity index (χ4v) is 11.0. The lowest BCUT2D eigenvalue weighted by Gasteiger charge is -2.05. The molecule has 114 heavy (non-hydrogen) atoms. The fraction of sp³-hybridized carbons (Fsp3) is 0.395. The number of hydrogen-bond acceptors (Lipinski definition) is 30. The summed E-state index contributed by atoms with van der Waals surface area (Å²) in [4.78, 5) is 147. The monoisotopic (exact) mass is 1670 g/mol. The van der Waals surface area contributed by atoms with E-state index in [1.54, 1.807) is 68.4 Å². The van der Waals surface area contributed by atoms with Crippen LogP contribution in [0.15, 0.2) is 101 Å². The molecular formula is C76H101N15O18S5. The van der Waals surface area contributed by atoms with Gasteiger partial charge in [0.1, 0.15) is 11.7 Å². The number of ether oxygens (including phenoxy) is 4. The molecule has 0 unspecified atom stereocenters. The standard InChI is InChI=1S/C16H15N3O4S.C13H9N3O3S.C11H15N3O4S.C9H10O.C8H9N3O3S.C7H9N3O.C4H8O2S.3C2H6.2CH4/c17-12-13(15(21)18-10-6-7-10)19-24-14(12)16(22)23-8-11(20)9-4-2-1-3-5-9;14-13(19)9-8-12(20-16-9)11(18)10(17)7(15-8)6-4-2-1-3-5-6;1-2-17-5-18-11(16)9-7(12)8(14-19-9)10(15)13-6-3-4-6;1-2-9(10)8-6-4-3-5-7-8;9-4-5(7(12)10-3-1-2-3)11-15-6(4)8(13)14;1-8-6(9-2)7(11)10-5-3-4-5;1-2-6-4(5)3-7;3*1-2;;/h1-5,10H,6-8,17H2,(H,18,21);1-5,17H,(H2,14,19)(H,15,18);6H,2-5,12H2,1H3,(H,13,15);3-7H,2H2,1H3;3H,1-2,9H2,(H,10,12)(H,13,14);5H,3-4H2,1H3,(H,10,11);7H,2-3H2,1H3;3*1-2H3;2*1H4. The Kier molecular flexibility index (Phi) is 47.3. The number of aromatic hydroxyl groups is 1. The summed E-state index contributed by atoms with van der Waals surface area (Å²) >= 11 is 6.87. The van der Waals surface area contributed by atoms with Gasteiger partial charge >= 0.3 is 29.7 Å². The number of carbonyl (C=O) groups is 11. The van der Waals surface area contributed by atoms with E-state index in [4.69, 9.17) is 48.8 Å². The van der Waals surface area contributed by atoms with Crippen molar-refractivity contribution in [3.05, 3.63) is 161 Å². The van der Waals surface area contributed by atoms with E-state index >= 15 is 0 Å². The normalized spacial score (nSPS) is 12.2. The highest BCUT2D eigenvalue weighted by Gasteiger charge is 2.32. The number of aromatic carboxylic acids is 1. The molecule has 4 aliphatic carbocycles. The third-order valence-electron chi connectivity index (χ3n) is 14.2. The van der Waals surface area contributed by atoms with E-state index < -0.39 is 53.4 Å². The molecule has 0 aliphatic heterocycles. The van der Waals surface area contributed by atoms with Crippen LogP contribution in [0.3, 0.4) is 0 Å². The van der Waals surface area contributed by atoms with E-state index in [2.05, 4.69) is 70.9 Å². The number of pyridine rings is 1. The number of nitrogens with one attached hydrogen (secondary N) is 5. The number of rotatable bonds is 22. The molecule has 0 spiro atoms. The molecule has 0 radical (unpaired) electrons. The Labute approximate surface area is 683 Å². The summed E-state index contributed by atoms with van der Waals surface area (Å²) in [5.74, 6) is -5.41. The maximum atomic E-state index is 12.1. The Hall–Kier alpha value is -11.4. The molecule has 5 aromatic heterocycles. The van der Waals surface area contributed by atoms with Gasteiger partial charge in [0.2, 0.25) is 5.43 Å². The number of aromatic nitrogens is 5. The largest absolute Gasteiger partial charge is 0.503 e. The molecular weight excluding hydrogens is 1570 g/mol. The van der Waals surface area contributed by atoms with Gasteiger partial charge in [-0.15, -0.1) is 0 Å². The van der Waals surface area contributed by atoms with Crippen LogP contribution in [-0.2, 0) is 28.5 Å². The van der Waals surface area contributed by atoms with E-state index in [9.17, 15) is 62.6 Å². The predicted molar refractivity (Wildman–Crippen MR) is 447 cm³/mol. The van der Waals surface area contributed by atoms with E-state index in [1.807, 2.05) is 84.9 Å². The third-order valence-corrected chi connectivity index (χ3v) is 17.9. The van der Waals surface area contributed by atoms with Gasteiger partial charge in [-0.05, 0) is 111 Å². The van der Waals surface area contributed by atoms with Crippen molar-refractivity contribution in [2.75, 3.05) is 56.6 Å². The van der Waals surface area contributed by atoms with Crippen LogP contribution in [0.5, 0.6) is 5.75 Å². The molecule has 4 aliphatic rings. The number of thiol groups is 1. The number of hydrogen-bond donors (Lipinski definition) is 12. The topological polar surface area (TPSA) is 518 Å². The third kappa shape index (κ3) is 33.1. The number of fused-ring (bicyclic) bond motifs is 1. The molecule has 38 heteroatoms. The van der Waals surface area contributed by atoms with E-state index in [1.165, 1.54) is 7.05 Å². The summed E-state index contributed by atoms with van der Waals surface area (Å²) in [6.07, 6.45) is 8.38. The van der Waals surface area contributed by atoms with Crippen molar-refractivity contribution >= 4 is 157 Å². The summed E-state index contributed by atoms with van der Waals surface area (Å²) in [6, 6.07) is 27.6. The average Bonchev–Trinajstić information content (AvgIpc) is 1.73. The molecule has 618 valence electrons. The Bertz CT molecular complexity index is 4570. The minimum atomic E-state index is -1.16. The second-order valence-electron chi connectivity index (χ2n) is 22.4. The molecule has 4 fully saturated rings. The van der Waals surface area contributed by atoms with Gasteiger partial charge in [0.25, 0.3) is 29.5 Å². The molecule has 5 amide bonds. The van der Waals surface area contributed by atoms with Crippen molar-refractivity contribution in [2.45, 2.75) is 159 Å². The van der Waals surface area contributed by atoms with Crippen molar-refractivity contribution in [3.8, 4) is 17.0 Å². The molecule has 0 bridgehead atoms. The molecule has 33 nitrogen and oxygen atoms in total. The number of carboxylic acids is 1. The second-order valence-corrected chi connectivity index (χ2v) is 25.8. The maximum absolute atomic E-state index is 12.1. The van der Waals surface area contributed by atoms with E-state index in [0.717, 1.165) is 103 Å². The zero-order valence-corrected chi connectivity index (χ0v) is 67.5. The highest BCUT2D eigenvalue weighted by atomic mass is 32.1.